The molecule has 0 spiro atoms. The second-order valence-corrected chi connectivity index (χ2v) is 7.43. The van der Waals surface area contributed by atoms with Gasteiger partial charge in [-0.1, -0.05) is 45.4 Å². The Balaban J connectivity index is 2.66. The van der Waals surface area contributed by atoms with E-state index in [0.717, 1.165) is 24.5 Å². The van der Waals surface area contributed by atoms with Gasteiger partial charge in [-0.3, -0.25) is 0 Å². The van der Waals surface area contributed by atoms with E-state index in [2.05, 4.69) is 51.2 Å². The molecule has 0 aliphatic rings. The average molecular weight is 272 g/mol. The molecule has 0 aliphatic carbocycles. The molecule has 0 fully saturated rings. The van der Waals surface area contributed by atoms with Gasteiger partial charge >= 0.3 is 0 Å². The molecular weight excluding hydrogens is 250 g/mol. The predicted molar refractivity (Wildman–Crippen MR) is 79.1 cm³/mol. The SMILES string of the molecule is CCCNCc1ccc(SC(C)(C)C)c(Cl)c1. The highest BCUT2D eigenvalue weighted by molar-refractivity contribution is 8.00. The van der Waals surface area contributed by atoms with E-state index in [1.54, 1.807) is 0 Å². The summed E-state index contributed by atoms with van der Waals surface area (Å²) >= 11 is 8.11. The molecule has 0 saturated carbocycles. The number of nitrogens with one attached hydrogen (secondary N) is 1. The fraction of sp³-hybridized carbons (Fsp3) is 0.571. The van der Waals surface area contributed by atoms with E-state index in [-0.39, 0.29) is 4.75 Å². The largest absolute Gasteiger partial charge is 0.313 e. The van der Waals surface area contributed by atoms with Gasteiger partial charge in [-0.25, -0.2) is 0 Å². The summed E-state index contributed by atoms with van der Waals surface area (Å²) in [5.74, 6) is 0. The third-order valence-electron chi connectivity index (χ3n) is 2.17. The third kappa shape index (κ3) is 5.80. The lowest BCUT2D eigenvalue weighted by Crippen LogP contribution is -2.13. The van der Waals surface area contributed by atoms with Crippen LogP contribution in [0.5, 0.6) is 0 Å². The van der Waals surface area contributed by atoms with E-state index in [4.69, 9.17) is 11.6 Å². The van der Waals surface area contributed by atoms with E-state index >= 15 is 0 Å². The Morgan fingerprint density at radius 1 is 1.29 bits per heavy atom. The fourth-order valence-corrected chi connectivity index (χ4v) is 2.75. The van der Waals surface area contributed by atoms with Gasteiger partial charge in [0.05, 0.1) is 5.02 Å². The van der Waals surface area contributed by atoms with Crippen LogP contribution >= 0.6 is 23.4 Å². The highest BCUT2D eigenvalue weighted by atomic mass is 35.5. The van der Waals surface area contributed by atoms with Gasteiger partial charge in [0.25, 0.3) is 0 Å². The van der Waals surface area contributed by atoms with Gasteiger partial charge in [-0.05, 0) is 30.7 Å². The normalized spacial score (nSPS) is 11.8. The third-order valence-corrected chi connectivity index (χ3v) is 3.78. The quantitative estimate of drug-likeness (QED) is 0.614. The van der Waals surface area contributed by atoms with E-state index in [0.29, 0.717) is 0 Å². The Morgan fingerprint density at radius 3 is 2.53 bits per heavy atom. The standard InChI is InChI=1S/C14H22ClNS/c1-5-8-16-10-11-6-7-13(12(15)9-11)17-14(2,3)4/h6-7,9,16H,5,8,10H2,1-4H3. The lowest BCUT2D eigenvalue weighted by atomic mass is 10.2. The topological polar surface area (TPSA) is 12.0 Å². The minimum atomic E-state index is 0.200. The number of benzene rings is 1. The number of rotatable bonds is 5. The number of halogens is 1. The van der Waals surface area contributed by atoms with Crippen LogP contribution in [0.15, 0.2) is 23.1 Å². The van der Waals surface area contributed by atoms with Gasteiger partial charge in [-0.15, -0.1) is 11.8 Å². The van der Waals surface area contributed by atoms with Crippen molar-refractivity contribution in [3.8, 4) is 0 Å². The van der Waals surface area contributed by atoms with Crippen LogP contribution in [0.4, 0.5) is 0 Å². The first-order valence-electron chi connectivity index (χ1n) is 6.10. The molecule has 3 heteroatoms. The number of thioether (sulfide) groups is 1. The summed E-state index contributed by atoms with van der Waals surface area (Å²) in [5.41, 5.74) is 1.25. The van der Waals surface area contributed by atoms with Gasteiger partial charge in [0.1, 0.15) is 0 Å². The van der Waals surface area contributed by atoms with Crippen LogP contribution in [0.1, 0.15) is 39.7 Å². The Hall–Kier alpha value is -0.180. The summed E-state index contributed by atoms with van der Waals surface area (Å²) in [6.45, 7) is 10.7. The molecule has 0 heterocycles. The van der Waals surface area contributed by atoms with Crippen LogP contribution in [-0.4, -0.2) is 11.3 Å². The van der Waals surface area contributed by atoms with Crippen LogP contribution in [0, 0.1) is 0 Å². The average Bonchev–Trinajstić information content (AvgIpc) is 2.21. The lowest BCUT2D eigenvalue weighted by molar-refractivity contribution is 0.675. The second-order valence-electron chi connectivity index (χ2n) is 5.16. The van der Waals surface area contributed by atoms with Crippen LogP contribution in [-0.2, 0) is 6.54 Å². The van der Waals surface area contributed by atoms with Crippen molar-refractivity contribution in [2.75, 3.05) is 6.54 Å². The van der Waals surface area contributed by atoms with Crippen molar-refractivity contribution >= 4 is 23.4 Å². The monoisotopic (exact) mass is 271 g/mol. The molecule has 96 valence electrons. The van der Waals surface area contributed by atoms with Gasteiger partial charge in [0.15, 0.2) is 0 Å². The van der Waals surface area contributed by atoms with Crippen LogP contribution in [0.25, 0.3) is 0 Å². The fourth-order valence-electron chi connectivity index (χ4n) is 1.48. The molecule has 1 nitrogen and oxygen atoms in total. The molecule has 0 aliphatic heterocycles. The summed E-state index contributed by atoms with van der Waals surface area (Å²) in [6, 6.07) is 6.35. The minimum Gasteiger partial charge on any atom is -0.313 e. The number of hydrogen-bond donors (Lipinski definition) is 1. The molecule has 0 aromatic heterocycles. The van der Waals surface area contributed by atoms with E-state index in [9.17, 15) is 0 Å². The molecular formula is C14H22ClNS. The van der Waals surface area contributed by atoms with E-state index in [1.165, 1.54) is 10.5 Å². The van der Waals surface area contributed by atoms with Gasteiger partial charge in [0.2, 0.25) is 0 Å². The van der Waals surface area contributed by atoms with Crippen LogP contribution in [0.2, 0.25) is 5.02 Å². The summed E-state index contributed by atoms with van der Waals surface area (Å²) in [6.07, 6.45) is 1.16. The summed E-state index contributed by atoms with van der Waals surface area (Å²) in [4.78, 5) is 1.17. The molecule has 0 unspecified atom stereocenters. The smallest absolute Gasteiger partial charge is 0.0545 e. The van der Waals surface area contributed by atoms with Crippen molar-refractivity contribution in [1.29, 1.82) is 0 Å². The lowest BCUT2D eigenvalue weighted by Gasteiger charge is -2.18. The molecule has 1 aromatic rings. The van der Waals surface area contributed by atoms with Crippen molar-refractivity contribution in [3.05, 3.63) is 28.8 Å². The van der Waals surface area contributed by atoms with Crippen molar-refractivity contribution in [2.24, 2.45) is 0 Å². The Kier molecular flexibility index (Phi) is 5.84. The maximum absolute atomic E-state index is 6.30. The molecule has 0 atom stereocenters. The first-order valence-corrected chi connectivity index (χ1v) is 7.30. The molecule has 1 N–H and O–H groups in total. The molecule has 0 amide bonds. The van der Waals surface area contributed by atoms with Crippen LogP contribution < -0.4 is 5.32 Å². The maximum Gasteiger partial charge on any atom is 0.0545 e. The Labute approximate surface area is 114 Å². The Morgan fingerprint density at radius 2 is 2.00 bits per heavy atom. The first kappa shape index (κ1) is 14.9. The zero-order chi connectivity index (χ0) is 12.9. The second kappa shape index (κ2) is 6.67. The van der Waals surface area contributed by atoms with Crippen molar-refractivity contribution in [2.45, 2.75) is 50.3 Å². The van der Waals surface area contributed by atoms with Crippen molar-refractivity contribution < 1.29 is 0 Å². The number of hydrogen-bond acceptors (Lipinski definition) is 2. The van der Waals surface area contributed by atoms with Gasteiger partial charge in [-0.2, -0.15) is 0 Å². The minimum absolute atomic E-state index is 0.200. The highest BCUT2D eigenvalue weighted by Gasteiger charge is 2.14. The zero-order valence-corrected chi connectivity index (χ0v) is 12.7. The molecule has 0 radical (unpaired) electrons. The van der Waals surface area contributed by atoms with E-state index < -0.39 is 0 Å². The molecule has 0 saturated heterocycles. The molecule has 17 heavy (non-hydrogen) atoms. The zero-order valence-electron chi connectivity index (χ0n) is 11.1. The summed E-state index contributed by atoms with van der Waals surface area (Å²) in [5, 5.41) is 4.24. The van der Waals surface area contributed by atoms with Gasteiger partial charge in [0, 0.05) is 16.2 Å². The van der Waals surface area contributed by atoms with Gasteiger partial charge < -0.3 is 5.32 Å². The first-order chi connectivity index (χ1) is 7.92. The molecule has 1 aromatic carbocycles. The van der Waals surface area contributed by atoms with Crippen molar-refractivity contribution in [3.63, 3.8) is 0 Å². The summed E-state index contributed by atoms with van der Waals surface area (Å²) in [7, 11) is 0. The maximum atomic E-state index is 6.30. The predicted octanol–water partition coefficient (Wildman–Crippen LogP) is 4.73. The molecule has 0 bridgehead atoms. The highest BCUT2D eigenvalue weighted by Crippen LogP contribution is 2.36. The summed E-state index contributed by atoms with van der Waals surface area (Å²) < 4.78 is 0.200. The van der Waals surface area contributed by atoms with Crippen molar-refractivity contribution in [1.82, 2.24) is 5.32 Å². The van der Waals surface area contributed by atoms with Crippen LogP contribution in [0.3, 0.4) is 0 Å². The van der Waals surface area contributed by atoms with E-state index in [1.807, 2.05) is 11.8 Å². The Bertz CT molecular complexity index is 358. The molecule has 1 rings (SSSR count).